The number of nitrogens with one attached hydrogen (secondary N) is 1. The van der Waals surface area contributed by atoms with Gasteiger partial charge in [-0.3, -0.25) is 4.79 Å². The van der Waals surface area contributed by atoms with Crippen LogP contribution in [0.5, 0.6) is 5.75 Å². The predicted molar refractivity (Wildman–Crippen MR) is 88.2 cm³/mol. The smallest absolute Gasteiger partial charge is 0.341 e. The first-order chi connectivity index (χ1) is 11.0. The van der Waals surface area contributed by atoms with Gasteiger partial charge in [0.1, 0.15) is 11.3 Å². The number of ether oxygens (including phenoxy) is 2. The number of nitrogens with two attached hydrogens (primary N) is 1. The first-order valence-corrected chi connectivity index (χ1v) is 7.71. The van der Waals surface area contributed by atoms with E-state index in [0.717, 1.165) is 5.56 Å². The van der Waals surface area contributed by atoms with E-state index in [1.54, 1.807) is 18.2 Å². The van der Waals surface area contributed by atoms with Gasteiger partial charge in [0.05, 0.1) is 19.6 Å². The molecule has 0 heterocycles. The monoisotopic (exact) mass is 322 g/mol. The van der Waals surface area contributed by atoms with Gasteiger partial charge in [0.15, 0.2) is 0 Å². The molecule has 1 aromatic carbocycles. The SMILES string of the molecule is CCC(CC)(CN)C(=O)NCc1ccc(OC)c(C(=O)OC)c1. The molecule has 6 heteroatoms. The molecule has 0 bridgehead atoms. The highest BCUT2D eigenvalue weighted by atomic mass is 16.5. The summed E-state index contributed by atoms with van der Waals surface area (Å²) in [7, 11) is 2.80. The van der Waals surface area contributed by atoms with E-state index >= 15 is 0 Å². The Hall–Kier alpha value is -2.08. The van der Waals surface area contributed by atoms with Gasteiger partial charge in [-0.15, -0.1) is 0 Å². The van der Waals surface area contributed by atoms with Gasteiger partial charge < -0.3 is 20.5 Å². The zero-order valence-corrected chi connectivity index (χ0v) is 14.3. The van der Waals surface area contributed by atoms with Crippen molar-refractivity contribution in [3.8, 4) is 5.75 Å². The lowest BCUT2D eigenvalue weighted by molar-refractivity contribution is -0.131. The Balaban J connectivity index is 2.90. The highest BCUT2D eigenvalue weighted by Crippen LogP contribution is 2.25. The van der Waals surface area contributed by atoms with Gasteiger partial charge >= 0.3 is 5.97 Å². The Labute approximate surface area is 137 Å². The fourth-order valence-electron chi connectivity index (χ4n) is 2.46. The molecule has 0 unspecified atom stereocenters. The normalized spacial score (nSPS) is 11.0. The molecule has 0 saturated carbocycles. The average Bonchev–Trinajstić information content (AvgIpc) is 2.60. The summed E-state index contributed by atoms with van der Waals surface area (Å²) in [4.78, 5) is 24.2. The third-order valence-corrected chi connectivity index (χ3v) is 4.35. The number of rotatable bonds is 8. The van der Waals surface area contributed by atoms with Gasteiger partial charge in [-0.25, -0.2) is 4.79 Å². The second kappa shape index (κ2) is 8.53. The molecule has 0 aliphatic rings. The van der Waals surface area contributed by atoms with Crippen LogP contribution in [-0.4, -0.2) is 32.6 Å². The van der Waals surface area contributed by atoms with E-state index in [4.69, 9.17) is 15.2 Å². The van der Waals surface area contributed by atoms with E-state index in [1.165, 1.54) is 14.2 Å². The second-order valence-corrected chi connectivity index (χ2v) is 5.40. The van der Waals surface area contributed by atoms with Crippen molar-refractivity contribution in [1.82, 2.24) is 5.32 Å². The minimum absolute atomic E-state index is 0.0690. The highest BCUT2D eigenvalue weighted by Gasteiger charge is 2.32. The third-order valence-electron chi connectivity index (χ3n) is 4.35. The third kappa shape index (κ3) is 4.22. The first kappa shape index (κ1) is 19.0. The molecule has 0 aromatic heterocycles. The van der Waals surface area contributed by atoms with Crippen molar-refractivity contribution in [3.63, 3.8) is 0 Å². The van der Waals surface area contributed by atoms with Crippen molar-refractivity contribution in [2.24, 2.45) is 11.1 Å². The van der Waals surface area contributed by atoms with Crippen molar-refractivity contribution in [2.45, 2.75) is 33.2 Å². The number of methoxy groups -OCH3 is 2. The van der Waals surface area contributed by atoms with Gasteiger partial charge in [0, 0.05) is 13.1 Å². The number of hydrogen-bond donors (Lipinski definition) is 2. The summed E-state index contributed by atoms with van der Waals surface area (Å²) in [6.45, 7) is 4.54. The lowest BCUT2D eigenvalue weighted by Crippen LogP contribution is -2.45. The maximum absolute atomic E-state index is 12.4. The van der Waals surface area contributed by atoms with Crippen LogP contribution in [0, 0.1) is 5.41 Å². The summed E-state index contributed by atoms with van der Waals surface area (Å²) >= 11 is 0. The number of benzene rings is 1. The zero-order chi connectivity index (χ0) is 17.5. The van der Waals surface area contributed by atoms with Crippen molar-refractivity contribution >= 4 is 11.9 Å². The van der Waals surface area contributed by atoms with Crippen LogP contribution in [0.2, 0.25) is 0 Å². The molecular formula is C17H26N2O4. The molecule has 1 aromatic rings. The summed E-state index contributed by atoms with van der Waals surface area (Å²) in [6, 6.07) is 5.14. The predicted octanol–water partition coefficient (Wildman–Crippen LogP) is 1.86. The summed E-state index contributed by atoms with van der Waals surface area (Å²) in [6.07, 6.45) is 1.36. The Morgan fingerprint density at radius 3 is 2.35 bits per heavy atom. The van der Waals surface area contributed by atoms with E-state index in [2.05, 4.69) is 5.32 Å². The summed E-state index contributed by atoms with van der Waals surface area (Å²) in [5.41, 5.74) is 6.36. The van der Waals surface area contributed by atoms with Crippen LogP contribution < -0.4 is 15.8 Å². The van der Waals surface area contributed by atoms with Crippen LogP contribution >= 0.6 is 0 Å². The van der Waals surface area contributed by atoms with Crippen LogP contribution in [0.25, 0.3) is 0 Å². The molecular weight excluding hydrogens is 296 g/mol. The zero-order valence-electron chi connectivity index (χ0n) is 14.3. The van der Waals surface area contributed by atoms with Crippen LogP contribution in [0.4, 0.5) is 0 Å². The Bertz CT molecular complexity index is 545. The minimum atomic E-state index is -0.544. The van der Waals surface area contributed by atoms with Crippen LogP contribution in [0.3, 0.4) is 0 Å². The van der Waals surface area contributed by atoms with Crippen LogP contribution in [0.15, 0.2) is 18.2 Å². The summed E-state index contributed by atoms with van der Waals surface area (Å²) in [5, 5.41) is 2.90. The molecule has 3 N–H and O–H groups in total. The Kier molecular flexibility index (Phi) is 7.03. The van der Waals surface area contributed by atoms with Gasteiger partial charge in [-0.1, -0.05) is 19.9 Å². The van der Waals surface area contributed by atoms with E-state index in [1.807, 2.05) is 13.8 Å². The molecule has 6 nitrogen and oxygen atoms in total. The van der Waals surface area contributed by atoms with Crippen molar-refractivity contribution in [3.05, 3.63) is 29.3 Å². The minimum Gasteiger partial charge on any atom is -0.496 e. The molecule has 23 heavy (non-hydrogen) atoms. The number of amides is 1. The van der Waals surface area contributed by atoms with E-state index < -0.39 is 11.4 Å². The standard InChI is InChI=1S/C17H26N2O4/c1-5-17(6-2,11-18)16(21)19-10-12-7-8-14(22-3)13(9-12)15(20)23-4/h7-9H,5-6,10-11,18H2,1-4H3,(H,19,21). The molecule has 0 atom stereocenters. The first-order valence-electron chi connectivity index (χ1n) is 7.71. The highest BCUT2D eigenvalue weighted by molar-refractivity contribution is 5.92. The molecule has 0 fully saturated rings. The van der Waals surface area contributed by atoms with Crippen LogP contribution in [-0.2, 0) is 16.1 Å². The topological polar surface area (TPSA) is 90.7 Å². The Morgan fingerprint density at radius 1 is 1.22 bits per heavy atom. The molecule has 0 radical (unpaired) electrons. The van der Waals surface area contributed by atoms with Crippen molar-refractivity contribution < 1.29 is 19.1 Å². The quantitative estimate of drug-likeness (QED) is 0.713. The number of carbonyl (C=O) groups is 2. The molecule has 0 aliphatic carbocycles. The van der Waals surface area contributed by atoms with E-state index in [9.17, 15) is 9.59 Å². The van der Waals surface area contributed by atoms with Gasteiger partial charge in [-0.05, 0) is 30.5 Å². The van der Waals surface area contributed by atoms with Crippen LogP contribution in [0.1, 0.15) is 42.6 Å². The fourth-order valence-corrected chi connectivity index (χ4v) is 2.46. The number of carbonyl (C=O) groups excluding carboxylic acids is 2. The van der Waals surface area contributed by atoms with Crippen molar-refractivity contribution in [1.29, 1.82) is 0 Å². The summed E-state index contributed by atoms with van der Waals surface area (Å²) < 4.78 is 9.89. The molecule has 0 spiro atoms. The Morgan fingerprint density at radius 2 is 1.87 bits per heavy atom. The molecule has 1 rings (SSSR count). The molecule has 1 amide bonds. The number of esters is 1. The van der Waals surface area contributed by atoms with Crippen molar-refractivity contribution in [2.75, 3.05) is 20.8 Å². The van der Waals surface area contributed by atoms with Gasteiger partial charge in [-0.2, -0.15) is 0 Å². The van der Waals surface area contributed by atoms with Gasteiger partial charge in [0.2, 0.25) is 5.91 Å². The maximum Gasteiger partial charge on any atom is 0.341 e. The molecule has 0 aliphatic heterocycles. The summed E-state index contributed by atoms with van der Waals surface area (Å²) in [5.74, 6) is -0.112. The molecule has 0 saturated heterocycles. The largest absolute Gasteiger partial charge is 0.496 e. The lowest BCUT2D eigenvalue weighted by Gasteiger charge is -2.28. The lowest BCUT2D eigenvalue weighted by atomic mass is 9.81. The average molecular weight is 322 g/mol. The number of hydrogen-bond acceptors (Lipinski definition) is 5. The van der Waals surface area contributed by atoms with E-state index in [-0.39, 0.29) is 5.91 Å². The second-order valence-electron chi connectivity index (χ2n) is 5.40. The van der Waals surface area contributed by atoms with E-state index in [0.29, 0.717) is 37.2 Å². The fraction of sp³-hybridized carbons (Fsp3) is 0.529. The molecule has 128 valence electrons. The maximum atomic E-state index is 12.4. The van der Waals surface area contributed by atoms with Gasteiger partial charge in [0.25, 0.3) is 0 Å².